The van der Waals surface area contributed by atoms with Crippen molar-refractivity contribution in [3.8, 4) is 0 Å². The molecule has 0 aliphatic carbocycles. The van der Waals surface area contributed by atoms with Crippen LogP contribution in [-0.4, -0.2) is 36.0 Å². The van der Waals surface area contributed by atoms with Crippen LogP contribution < -0.4 is 0 Å². The van der Waals surface area contributed by atoms with Gasteiger partial charge in [-0.25, -0.2) is 0 Å². The van der Waals surface area contributed by atoms with Gasteiger partial charge >= 0.3 is 36.0 Å². The van der Waals surface area contributed by atoms with Crippen molar-refractivity contribution < 1.29 is 61.5 Å². The lowest BCUT2D eigenvalue weighted by atomic mass is 9.67. The summed E-state index contributed by atoms with van der Waals surface area (Å²) >= 11 is 0. The van der Waals surface area contributed by atoms with Crippen molar-refractivity contribution in [2.24, 2.45) is 0 Å². The molecule has 0 amide bonds. The van der Waals surface area contributed by atoms with Crippen molar-refractivity contribution in [1.82, 2.24) is 0 Å². The predicted octanol–water partition coefficient (Wildman–Crippen LogP) is 6.61. The van der Waals surface area contributed by atoms with Crippen molar-refractivity contribution >= 4 is 0 Å². The number of alkyl halides is 14. The predicted molar refractivity (Wildman–Crippen MR) is 65.7 cm³/mol. The molecule has 0 fully saturated rings. The highest BCUT2D eigenvalue weighted by molar-refractivity contribution is 5.35. The van der Waals surface area contributed by atoms with Gasteiger partial charge in [0, 0.05) is 0 Å². The quantitative estimate of drug-likeness (QED) is 0.451. The third-order valence-corrected chi connectivity index (χ3v) is 4.11. The zero-order chi connectivity index (χ0) is 22.6. The first-order chi connectivity index (χ1) is 12.1. The Bertz CT molecular complexity index is 644. The van der Waals surface area contributed by atoms with E-state index in [2.05, 4.69) is 0 Å². The van der Waals surface area contributed by atoms with Crippen LogP contribution in [0.1, 0.15) is 12.5 Å². The van der Waals surface area contributed by atoms with Crippen LogP contribution >= 0.6 is 0 Å². The van der Waals surface area contributed by atoms with Crippen molar-refractivity contribution in [2.45, 2.75) is 48.4 Å². The molecule has 0 radical (unpaired) electrons. The fourth-order valence-corrected chi connectivity index (χ4v) is 2.32. The molecule has 0 bridgehead atoms. The molecule has 0 aromatic heterocycles. The summed E-state index contributed by atoms with van der Waals surface area (Å²) in [5, 5.41) is 0. The fourth-order valence-electron chi connectivity index (χ4n) is 2.32. The Kier molecular flexibility index (Phi) is 5.53. The van der Waals surface area contributed by atoms with Gasteiger partial charge in [0.15, 0.2) is 0 Å². The Hall–Kier alpha value is -1.76. The molecule has 1 aromatic carbocycles. The van der Waals surface area contributed by atoms with E-state index in [1.807, 2.05) is 0 Å². The summed E-state index contributed by atoms with van der Waals surface area (Å²) in [5.41, 5.74) is -7.64. The maximum atomic E-state index is 14.2. The Morgan fingerprint density at radius 2 is 0.750 bits per heavy atom. The van der Waals surface area contributed by atoms with Gasteiger partial charge in [0.1, 0.15) is 5.41 Å². The number of benzene rings is 1. The molecule has 0 saturated carbocycles. The van der Waals surface area contributed by atoms with Gasteiger partial charge in [-0.05, 0) is 12.5 Å². The van der Waals surface area contributed by atoms with Crippen LogP contribution in [0.4, 0.5) is 61.5 Å². The molecule has 0 heterocycles. The van der Waals surface area contributed by atoms with Gasteiger partial charge in [0.2, 0.25) is 0 Å². The average molecular weight is 442 g/mol. The zero-order valence-electron chi connectivity index (χ0n) is 13.2. The van der Waals surface area contributed by atoms with Crippen LogP contribution in [0.5, 0.6) is 0 Å². The summed E-state index contributed by atoms with van der Waals surface area (Å²) in [6.45, 7) is -0.915. The normalized spacial score (nSPS) is 15.7. The molecule has 0 aliphatic heterocycles. The molecule has 14 heteroatoms. The van der Waals surface area contributed by atoms with Gasteiger partial charge < -0.3 is 0 Å². The van der Waals surface area contributed by atoms with Gasteiger partial charge in [0.05, 0.1) is 0 Å². The molecule has 0 saturated heterocycles. The zero-order valence-corrected chi connectivity index (χ0v) is 13.2. The molecule has 0 atom stereocenters. The topological polar surface area (TPSA) is 0 Å². The second kappa shape index (κ2) is 6.37. The van der Waals surface area contributed by atoms with E-state index in [1.165, 1.54) is 0 Å². The van der Waals surface area contributed by atoms with E-state index in [4.69, 9.17) is 0 Å². The van der Waals surface area contributed by atoms with E-state index in [0.29, 0.717) is 12.1 Å². The number of hydrogen-bond acceptors (Lipinski definition) is 0. The Labute approximate surface area is 147 Å². The lowest BCUT2D eigenvalue weighted by Crippen LogP contribution is -2.72. The summed E-state index contributed by atoms with van der Waals surface area (Å²) in [7, 11) is 0. The molecule has 1 rings (SSSR count). The first kappa shape index (κ1) is 24.3. The molecule has 1 aromatic rings. The average Bonchev–Trinajstić information content (AvgIpc) is 2.52. The smallest absolute Gasteiger partial charge is 0.198 e. The van der Waals surface area contributed by atoms with Gasteiger partial charge in [-0.3, -0.25) is 0 Å². The molecule has 0 nitrogen and oxygen atoms in total. The molecule has 0 unspecified atom stereocenters. The van der Waals surface area contributed by atoms with Gasteiger partial charge in [-0.1, -0.05) is 30.3 Å². The SMILES string of the molecule is CC(c1ccccc1)(C(F)(F)C(F)(F)C(F)(F)F)C(F)(F)C(F)(F)C(F)(F)F. The first-order valence-electron chi connectivity index (χ1n) is 6.81. The van der Waals surface area contributed by atoms with Gasteiger partial charge in [-0.2, -0.15) is 61.5 Å². The third kappa shape index (κ3) is 2.98. The Balaban J connectivity index is 4.00. The van der Waals surface area contributed by atoms with Crippen LogP contribution in [-0.2, 0) is 5.41 Å². The monoisotopic (exact) mass is 442 g/mol. The first-order valence-corrected chi connectivity index (χ1v) is 6.81. The van der Waals surface area contributed by atoms with Crippen molar-refractivity contribution in [2.75, 3.05) is 0 Å². The van der Waals surface area contributed by atoms with Crippen molar-refractivity contribution in [3.05, 3.63) is 35.9 Å². The van der Waals surface area contributed by atoms with Gasteiger partial charge in [0.25, 0.3) is 0 Å². The minimum atomic E-state index is -7.39. The van der Waals surface area contributed by atoms with Crippen LogP contribution in [0.2, 0.25) is 0 Å². The highest BCUT2D eigenvalue weighted by atomic mass is 19.4. The number of rotatable bonds is 5. The summed E-state index contributed by atoms with van der Waals surface area (Å²) < 4.78 is 185. The summed E-state index contributed by atoms with van der Waals surface area (Å²) in [6, 6.07) is 1.83. The van der Waals surface area contributed by atoms with E-state index in [9.17, 15) is 61.5 Å². The van der Waals surface area contributed by atoms with Crippen molar-refractivity contribution in [1.29, 1.82) is 0 Å². The fraction of sp³-hybridized carbons (Fsp3) is 0.571. The van der Waals surface area contributed by atoms with E-state index in [-0.39, 0.29) is 12.1 Å². The van der Waals surface area contributed by atoms with Crippen LogP contribution in [0.15, 0.2) is 30.3 Å². The lowest BCUT2D eigenvalue weighted by molar-refractivity contribution is -0.418. The van der Waals surface area contributed by atoms with Gasteiger partial charge in [-0.15, -0.1) is 0 Å². The maximum absolute atomic E-state index is 14.2. The van der Waals surface area contributed by atoms with E-state index in [0.717, 1.165) is 6.07 Å². The van der Waals surface area contributed by atoms with E-state index in [1.54, 1.807) is 0 Å². The molecular formula is C14H8F14. The molecular weight excluding hydrogens is 434 g/mol. The maximum Gasteiger partial charge on any atom is 0.459 e. The molecule has 0 aliphatic rings. The summed E-state index contributed by atoms with van der Waals surface area (Å²) in [4.78, 5) is 0. The second-order valence-corrected chi connectivity index (χ2v) is 5.78. The van der Waals surface area contributed by atoms with Crippen molar-refractivity contribution in [3.63, 3.8) is 0 Å². The summed E-state index contributed by atoms with van der Waals surface area (Å²) in [5.74, 6) is -29.1. The van der Waals surface area contributed by atoms with Crippen LogP contribution in [0.25, 0.3) is 0 Å². The minimum absolute atomic E-state index is 0.000723. The van der Waals surface area contributed by atoms with E-state index < -0.39 is 53.9 Å². The highest BCUT2D eigenvalue weighted by Gasteiger charge is 2.89. The standard InChI is InChI=1S/C14H8F14/c1-8(7-5-3-2-4-6-7,9(15,16)11(19,20)13(23,24)25)10(17,18)12(21,22)14(26,27)28/h2-6H,1H3. The largest absolute Gasteiger partial charge is 0.459 e. The molecule has 28 heavy (non-hydrogen) atoms. The van der Waals surface area contributed by atoms with Crippen LogP contribution in [0.3, 0.4) is 0 Å². The summed E-state index contributed by atoms with van der Waals surface area (Å²) in [6.07, 6.45) is -14.5. The number of halogens is 14. The molecule has 0 N–H and O–H groups in total. The minimum Gasteiger partial charge on any atom is -0.198 e. The highest BCUT2D eigenvalue weighted by Crippen LogP contribution is 2.64. The Morgan fingerprint density at radius 1 is 0.464 bits per heavy atom. The third-order valence-electron chi connectivity index (χ3n) is 4.11. The molecule has 162 valence electrons. The van der Waals surface area contributed by atoms with Crippen LogP contribution in [0, 0.1) is 0 Å². The number of hydrogen-bond donors (Lipinski definition) is 0. The second-order valence-electron chi connectivity index (χ2n) is 5.78. The lowest BCUT2D eigenvalue weighted by Gasteiger charge is -2.48. The Morgan fingerprint density at radius 3 is 1.00 bits per heavy atom. The van der Waals surface area contributed by atoms with E-state index >= 15 is 0 Å². The molecule has 0 spiro atoms.